The van der Waals surface area contributed by atoms with Gasteiger partial charge >= 0.3 is 0 Å². The van der Waals surface area contributed by atoms with Crippen LogP contribution in [0, 0.1) is 23.3 Å². The molecule has 0 unspecified atom stereocenters. The number of hydrogen-bond donors (Lipinski definition) is 0. The van der Waals surface area contributed by atoms with Crippen molar-refractivity contribution in [2.75, 3.05) is 45.9 Å². The molecule has 32 heavy (non-hydrogen) atoms. The fourth-order valence-corrected chi connectivity index (χ4v) is 4.02. The molecule has 0 aliphatic carbocycles. The van der Waals surface area contributed by atoms with Crippen LogP contribution < -0.4 is 0 Å². The Bertz CT molecular complexity index is 871. The third-order valence-corrected chi connectivity index (χ3v) is 5.62. The van der Waals surface area contributed by atoms with Crippen LogP contribution in [0.25, 0.3) is 0 Å². The molecule has 0 atom stereocenters. The quantitative estimate of drug-likeness (QED) is 0.289. The lowest BCUT2D eigenvalue weighted by atomic mass is 9.95. The van der Waals surface area contributed by atoms with E-state index in [1.807, 2.05) is 4.90 Å². The second kappa shape index (κ2) is 11.7. The highest BCUT2D eigenvalue weighted by Gasteiger charge is 2.30. The molecule has 4 nitrogen and oxygen atoms in total. The summed E-state index contributed by atoms with van der Waals surface area (Å²) in [5.74, 6) is -2.96. The molecular weight excluding hydrogens is 448 g/mol. The smallest absolute Gasteiger partial charge is 0.247 e. The fourth-order valence-electron chi connectivity index (χ4n) is 3.94. The highest BCUT2D eigenvalue weighted by Crippen LogP contribution is 2.33. The Hall–Kier alpha value is -2.00. The molecule has 9 heteroatoms. The van der Waals surface area contributed by atoms with Crippen LogP contribution in [0.2, 0.25) is 0 Å². The largest absolute Gasteiger partial charge is 0.372 e. The molecule has 0 radical (unpaired) electrons. The number of carbonyl (C=O) groups is 1. The number of halogens is 5. The summed E-state index contributed by atoms with van der Waals surface area (Å²) in [6.07, 6.45) is 1.66. The Kier molecular flexibility index (Phi) is 9.04. The van der Waals surface area contributed by atoms with Crippen LogP contribution in [0.5, 0.6) is 0 Å². The summed E-state index contributed by atoms with van der Waals surface area (Å²) in [6, 6.07) is 5.68. The topological polar surface area (TPSA) is 32.8 Å². The third kappa shape index (κ3) is 6.75. The molecule has 174 valence electrons. The number of rotatable bonds is 10. The molecule has 1 fully saturated rings. The fraction of sp³-hybridized carbons (Fsp3) is 0.435. The average molecular weight is 473 g/mol. The van der Waals surface area contributed by atoms with Crippen LogP contribution in [0.4, 0.5) is 17.6 Å². The van der Waals surface area contributed by atoms with Crippen molar-refractivity contribution in [3.8, 4) is 0 Å². The van der Waals surface area contributed by atoms with Crippen molar-refractivity contribution in [2.24, 2.45) is 0 Å². The van der Waals surface area contributed by atoms with E-state index < -0.39 is 34.6 Å². The summed E-state index contributed by atoms with van der Waals surface area (Å²) in [5.41, 5.74) is 0.299. The zero-order valence-electron chi connectivity index (χ0n) is 17.5. The van der Waals surface area contributed by atoms with Gasteiger partial charge in [-0.2, -0.15) is 0 Å². The van der Waals surface area contributed by atoms with Gasteiger partial charge in [0.2, 0.25) is 5.24 Å². The minimum Gasteiger partial charge on any atom is -0.372 e. The van der Waals surface area contributed by atoms with Gasteiger partial charge in [0.25, 0.3) is 0 Å². The van der Waals surface area contributed by atoms with E-state index in [1.54, 1.807) is 0 Å². The molecule has 0 N–H and O–H groups in total. The second-order valence-corrected chi connectivity index (χ2v) is 8.15. The summed E-state index contributed by atoms with van der Waals surface area (Å²) in [4.78, 5) is 14.8. The van der Waals surface area contributed by atoms with Gasteiger partial charge in [0.05, 0.1) is 6.04 Å². The van der Waals surface area contributed by atoms with Gasteiger partial charge in [0.1, 0.15) is 29.9 Å². The molecule has 0 amide bonds. The number of hydrogen-bond acceptors (Lipinski definition) is 4. The standard InChI is InChI=1S/C23H25ClF4N2O2/c24-22(31)15-32-12-2-1-7-29-8-10-30(11-9-29)23(18-5-3-16(25)13-20(18)27)19-6-4-17(26)14-21(19)28/h3-6,13-14,23H,1-2,7-12,15H2. The van der Waals surface area contributed by atoms with Crippen LogP contribution in [-0.2, 0) is 9.53 Å². The first-order valence-corrected chi connectivity index (χ1v) is 10.9. The second-order valence-electron chi connectivity index (χ2n) is 7.73. The van der Waals surface area contributed by atoms with Crippen molar-refractivity contribution >= 4 is 16.8 Å². The molecule has 0 aromatic heterocycles. The Labute approximate surface area is 189 Å². The molecule has 2 aromatic rings. The maximum Gasteiger partial charge on any atom is 0.247 e. The van der Waals surface area contributed by atoms with E-state index in [0.717, 1.165) is 43.7 Å². The number of unbranched alkanes of at least 4 members (excludes halogenated alkanes) is 1. The van der Waals surface area contributed by atoms with E-state index in [2.05, 4.69) is 4.90 Å². The number of nitrogens with zero attached hydrogens (tertiary/aromatic N) is 2. The van der Waals surface area contributed by atoms with Gasteiger partial charge < -0.3 is 9.64 Å². The third-order valence-electron chi connectivity index (χ3n) is 5.51. The average Bonchev–Trinajstić information content (AvgIpc) is 2.74. The maximum absolute atomic E-state index is 14.6. The van der Waals surface area contributed by atoms with Crippen LogP contribution in [-0.4, -0.2) is 61.0 Å². The van der Waals surface area contributed by atoms with Gasteiger partial charge in [0, 0.05) is 56.0 Å². The van der Waals surface area contributed by atoms with Crippen molar-refractivity contribution in [3.05, 3.63) is 70.8 Å². The lowest BCUT2D eigenvalue weighted by molar-refractivity contribution is -0.115. The number of carbonyl (C=O) groups excluding carboxylic acids is 1. The van der Waals surface area contributed by atoms with Crippen LogP contribution in [0.1, 0.15) is 30.0 Å². The van der Waals surface area contributed by atoms with E-state index in [4.69, 9.17) is 16.3 Å². The van der Waals surface area contributed by atoms with Crippen molar-refractivity contribution in [1.29, 1.82) is 0 Å². The summed E-state index contributed by atoms with van der Waals surface area (Å²) >= 11 is 5.21. The first kappa shape index (κ1) is 24.6. The summed E-state index contributed by atoms with van der Waals surface area (Å²) in [5, 5.41) is -0.522. The Balaban J connectivity index is 1.65. The molecule has 2 aromatic carbocycles. The SMILES string of the molecule is O=C(Cl)COCCCCN1CCN(C(c2ccc(F)cc2F)c2ccc(F)cc2F)CC1. The van der Waals surface area contributed by atoms with E-state index >= 15 is 0 Å². The van der Waals surface area contributed by atoms with Gasteiger partial charge in [-0.3, -0.25) is 9.69 Å². The first-order chi connectivity index (χ1) is 15.3. The van der Waals surface area contributed by atoms with Gasteiger partial charge in [-0.25, -0.2) is 17.6 Å². The van der Waals surface area contributed by atoms with Crippen molar-refractivity contribution in [1.82, 2.24) is 9.80 Å². The number of benzene rings is 2. The molecular formula is C23H25ClF4N2O2. The van der Waals surface area contributed by atoms with Gasteiger partial charge in [-0.15, -0.1) is 0 Å². The van der Waals surface area contributed by atoms with Gasteiger partial charge in [-0.1, -0.05) is 12.1 Å². The maximum atomic E-state index is 14.6. The van der Waals surface area contributed by atoms with Crippen molar-refractivity contribution in [2.45, 2.75) is 18.9 Å². The van der Waals surface area contributed by atoms with Crippen molar-refractivity contribution < 1.29 is 27.1 Å². The van der Waals surface area contributed by atoms with E-state index in [1.165, 1.54) is 12.1 Å². The molecule has 0 bridgehead atoms. The summed E-state index contributed by atoms with van der Waals surface area (Å²) < 4.78 is 61.3. The van der Waals surface area contributed by atoms with E-state index in [9.17, 15) is 22.4 Å². The highest BCUT2D eigenvalue weighted by atomic mass is 35.5. The summed E-state index contributed by atoms with van der Waals surface area (Å²) in [6.45, 7) is 3.62. The Morgan fingerprint density at radius 3 is 1.97 bits per heavy atom. The van der Waals surface area contributed by atoms with Crippen molar-refractivity contribution in [3.63, 3.8) is 0 Å². The van der Waals surface area contributed by atoms with Gasteiger partial charge in [0.15, 0.2) is 0 Å². The van der Waals surface area contributed by atoms with Crippen LogP contribution in [0.15, 0.2) is 36.4 Å². The molecule has 1 saturated heterocycles. The first-order valence-electron chi connectivity index (χ1n) is 10.5. The molecule has 1 aliphatic rings. The predicted molar refractivity (Wildman–Crippen MR) is 113 cm³/mol. The highest BCUT2D eigenvalue weighted by molar-refractivity contribution is 6.63. The normalized spacial score (nSPS) is 15.4. The van der Waals surface area contributed by atoms with E-state index in [0.29, 0.717) is 32.8 Å². The molecule has 0 saturated carbocycles. The minimum atomic E-state index is -0.792. The monoisotopic (exact) mass is 472 g/mol. The van der Waals surface area contributed by atoms with Crippen LogP contribution in [0.3, 0.4) is 0 Å². The van der Waals surface area contributed by atoms with Gasteiger partial charge in [-0.05, 0) is 43.1 Å². The van der Waals surface area contributed by atoms with E-state index in [-0.39, 0.29) is 17.7 Å². The minimum absolute atomic E-state index is 0.0957. The molecule has 3 rings (SSSR count). The van der Waals surface area contributed by atoms with Crippen LogP contribution >= 0.6 is 11.6 Å². The molecule has 1 heterocycles. The predicted octanol–water partition coefficient (Wildman–Crippen LogP) is 4.51. The Morgan fingerprint density at radius 2 is 1.47 bits per heavy atom. The number of piperazine rings is 1. The number of ether oxygens (including phenoxy) is 1. The Morgan fingerprint density at radius 1 is 0.906 bits per heavy atom. The zero-order valence-corrected chi connectivity index (χ0v) is 18.3. The lowest BCUT2D eigenvalue weighted by Gasteiger charge is -2.40. The zero-order chi connectivity index (χ0) is 23.1. The lowest BCUT2D eigenvalue weighted by Crippen LogP contribution is -2.48. The molecule has 0 spiro atoms. The summed E-state index contributed by atoms with van der Waals surface area (Å²) in [7, 11) is 0. The molecule has 1 aliphatic heterocycles.